The van der Waals surface area contributed by atoms with Gasteiger partial charge in [-0.15, -0.1) is 0 Å². The Kier molecular flexibility index (Phi) is 6.32. The van der Waals surface area contributed by atoms with Crippen LogP contribution < -0.4 is 15.8 Å². The summed E-state index contributed by atoms with van der Waals surface area (Å²) in [5.41, 5.74) is 4.82. The first kappa shape index (κ1) is 15.2. The number of urea groups is 1. The molecule has 0 radical (unpaired) electrons. The van der Waals surface area contributed by atoms with Crippen molar-refractivity contribution in [3.8, 4) is 5.75 Å². The zero-order chi connectivity index (χ0) is 14.8. The Labute approximate surface area is 115 Å². The number of nitrogens with two attached hydrogens (primary N) is 1. The lowest BCUT2D eigenvalue weighted by Crippen LogP contribution is -2.32. The summed E-state index contributed by atoms with van der Waals surface area (Å²) in [6.45, 7) is 0.0588. The van der Waals surface area contributed by atoms with E-state index in [4.69, 9.17) is 10.5 Å². The third-order valence-corrected chi connectivity index (χ3v) is 1.96. The second-order valence-electron chi connectivity index (χ2n) is 3.53. The average molecular weight is 278 g/mol. The molecule has 1 aromatic carbocycles. The quantitative estimate of drug-likeness (QED) is 0.338. The van der Waals surface area contributed by atoms with Gasteiger partial charge in [0.1, 0.15) is 12.4 Å². The predicted molar refractivity (Wildman–Crippen MR) is 69.8 cm³/mol. The van der Waals surface area contributed by atoms with Crippen LogP contribution in [0.4, 0.5) is 4.79 Å². The molecule has 0 bridgehead atoms. The first-order valence-electron chi connectivity index (χ1n) is 5.73. The lowest BCUT2D eigenvalue weighted by Gasteiger charge is -2.02. The molecule has 2 amide bonds. The van der Waals surface area contributed by atoms with Crippen molar-refractivity contribution in [1.29, 1.82) is 0 Å². The number of benzene rings is 1. The maximum absolute atomic E-state index is 11.3. The van der Waals surface area contributed by atoms with Crippen LogP contribution in [0.25, 0.3) is 0 Å². The molecule has 0 saturated carbocycles. The van der Waals surface area contributed by atoms with Gasteiger partial charge in [-0.05, 0) is 12.1 Å². The fraction of sp³-hybridized carbons (Fsp3) is 0.154. The molecule has 3 N–H and O–H groups in total. The number of amides is 2. The van der Waals surface area contributed by atoms with E-state index in [1.807, 2.05) is 0 Å². The minimum Gasteiger partial charge on any atom is -0.461 e. The number of esters is 2. The molecular weight excluding hydrogens is 264 g/mol. The Morgan fingerprint density at radius 1 is 1.10 bits per heavy atom. The zero-order valence-electron chi connectivity index (χ0n) is 10.6. The highest BCUT2D eigenvalue weighted by Gasteiger charge is 2.02. The van der Waals surface area contributed by atoms with Gasteiger partial charge in [0.25, 0.3) is 0 Å². The van der Waals surface area contributed by atoms with Gasteiger partial charge < -0.3 is 20.5 Å². The lowest BCUT2D eigenvalue weighted by molar-refractivity contribution is -0.138. The van der Waals surface area contributed by atoms with E-state index in [-0.39, 0.29) is 13.2 Å². The van der Waals surface area contributed by atoms with Crippen LogP contribution in [0.15, 0.2) is 42.5 Å². The summed E-state index contributed by atoms with van der Waals surface area (Å²) in [5.74, 6) is -1.04. The van der Waals surface area contributed by atoms with Crippen molar-refractivity contribution in [2.75, 3.05) is 13.2 Å². The molecule has 0 heterocycles. The van der Waals surface area contributed by atoms with Crippen LogP contribution >= 0.6 is 0 Å². The molecule has 0 fully saturated rings. The van der Waals surface area contributed by atoms with Crippen LogP contribution in [0.2, 0.25) is 0 Å². The van der Waals surface area contributed by atoms with Crippen LogP contribution in [-0.2, 0) is 14.3 Å². The number of nitrogens with one attached hydrogen (secondary N) is 1. The Bertz CT molecular complexity index is 499. The zero-order valence-corrected chi connectivity index (χ0v) is 10.6. The fourth-order valence-corrected chi connectivity index (χ4v) is 1.15. The van der Waals surface area contributed by atoms with Crippen molar-refractivity contribution in [2.45, 2.75) is 0 Å². The number of hydrogen-bond donors (Lipinski definition) is 2. The fourth-order valence-electron chi connectivity index (χ4n) is 1.15. The van der Waals surface area contributed by atoms with Gasteiger partial charge in [0.15, 0.2) is 0 Å². The van der Waals surface area contributed by atoms with Crippen LogP contribution in [0.3, 0.4) is 0 Å². The van der Waals surface area contributed by atoms with E-state index in [1.54, 1.807) is 30.3 Å². The molecule has 0 saturated heterocycles. The summed E-state index contributed by atoms with van der Waals surface area (Å²) in [4.78, 5) is 32.9. The standard InChI is InChI=1S/C13H14N2O5/c14-13(18)15-8-9-19-11(16)6-7-12(17)20-10-4-2-1-3-5-10/h1-7H,8-9H2,(H3,14,15,18)/b7-6+. The largest absolute Gasteiger partial charge is 0.461 e. The van der Waals surface area contributed by atoms with E-state index >= 15 is 0 Å². The van der Waals surface area contributed by atoms with Gasteiger partial charge >= 0.3 is 18.0 Å². The molecule has 0 aliphatic heterocycles. The second-order valence-corrected chi connectivity index (χ2v) is 3.53. The smallest absolute Gasteiger partial charge is 0.336 e. The number of carbonyl (C=O) groups is 3. The summed E-state index contributed by atoms with van der Waals surface area (Å²) in [7, 11) is 0. The molecule has 7 nitrogen and oxygen atoms in total. The molecular formula is C13H14N2O5. The summed E-state index contributed by atoms with van der Waals surface area (Å²) in [5, 5.41) is 2.24. The van der Waals surface area contributed by atoms with Crippen LogP contribution in [0, 0.1) is 0 Å². The highest BCUT2D eigenvalue weighted by atomic mass is 16.5. The van der Waals surface area contributed by atoms with Gasteiger partial charge in [0, 0.05) is 12.2 Å². The summed E-state index contributed by atoms with van der Waals surface area (Å²) < 4.78 is 9.60. The summed E-state index contributed by atoms with van der Waals surface area (Å²) in [6, 6.07) is 7.73. The number of ether oxygens (including phenoxy) is 2. The number of para-hydroxylation sites is 1. The summed E-state index contributed by atoms with van der Waals surface area (Å²) >= 11 is 0. The van der Waals surface area contributed by atoms with E-state index in [9.17, 15) is 14.4 Å². The Balaban J connectivity index is 2.27. The van der Waals surface area contributed by atoms with Crippen molar-refractivity contribution in [3.63, 3.8) is 0 Å². The third-order valence-electron chi connectivity index (χ3n) is 1.96. The summed E-state index contributed by atoms with van der Waals surface area (Å²) in [6.07, 6.45) is 1.90. The van der Waals surface area contributed by atoms with Gasteiger partial charge in [-0.2, -0.15) is 0 Å². The first-order chi connectivity index (χ1) is 9.58. The van der Waals surface area contributed by atoms with Crippen molar-refractivity contribution < 1.29 is 23.9 Å². The molecule has 0 atom stereocenters. The maximum Gasteiger partial charge on any atom is 0.336 e. The molecule has 106 valence electrons. The van der Waals surface area contributed by atoms with E-state index in [0.717, 1.165) is 12.2 Å². The van der Waals surface area contributed by atoms with Gasteiger partial charge in [-0.25, -0.2) is 14.4 Å². The van der Waals surface area contributed by atoms with E-state index < -0.39 is 18.0 Å². The van der Waals surface area contributed by atoms with E-state index in [0.29, 0.717) is 5.75 Å². The van der Waals surface area contributed by atoms with Crippen molar-refractivity contribution >= 4 is 18.0 Å². The van der Waals surface area contributed by atoms with Gasteiger partial charge in [0.05, 0.1) is 6.54 Å². The van der Waals surface area contributed by atoms with Crippen LogP contribution in [0.5, 0.6) is 5.75 Å². The van der Waals surface area contributed by atoms with Crippen LogP contribution in [-0.4, -0.2) is 31.1 Å². The number of carbonyl (C=O) groups excluding carboxylic acids is 3. The SMILES string of the molecule is NC(=O)NCCOC(=O)/C=C/C(=O)Oc1ccccc1. The maximum atomic E-state index is 11.3. The van der Waals surface area contributed by atoms with Crippen molar-refractivity contribution in [1.82, 2.24) is 5.32 Å². The third kappa shape index (κ3) is 6.80. The molecule has 0 aliphatic carbocycles. The number of primary amides is 1. The molecule has 7 heteroatoms. The number of hydrogen-bond acceptors (Lipinski definition) is 5. The van der Waals surface area contributed by atoms with Gasteiger partial charge in [-0.3, -0.25) is 0 Å². The van der Waals surface area contributed by atoms with Crippen molar-refractivity contribution in [2.24, 2.45) is 5.73 Å². The molecule has 0 unspecified atom stereocenters. The van der Waals surface area contributed by atoms with E-state index in [2.05, 4.69) is 10.1 Å². The van der Waals surface area contributed by atoms with Crippen molar-refractivity contribution in [3.05, 3.63) is 42.5 Å². The molecule has 1 aromatic rings. The second kappa shape index (κ2) is 8.30. The molecule has 20 heavy (non-hydrogen) atoms. The molecule has 0 spiro atoms. The predicted octanol–water partition coefficient (Wildman–Crippen LogP) is 0.360. The Morgan fingerprint density at radius 2 is 1.75 bits per heavy atom. The molecule has 0 aliphatic rings. The Morgan fingerprint density at radius 3 is 2.40 bits per heavy atom. The normalized spacial score (nSPS) is 10.0. The molecule has 1 rings (SSSR count). The minimum atomic E-state index is -0.721. The van der Waals surface area contributed by atoms with Gasteiger partial charge in [0.2, 0.25) is 0 Å². The van der Waals surface area contributed by atoms with Gasteiger partial charge in [-0.1, -0.05) is 18.2 Å². The first-order valence-corrected chi connectivity index (χ1v) is 5.73. The highest BCUT2D eigenvalue weighted by molar-refractivity contribution is 5.92. The Hall–Kier alpha value is -2.83. The van der Waals surface area contributed by atoms with Crippen LogP contribution in [0.1, 0.15) is 0 Å². The van der Waals surface area contributed by atoms with E-state index in [1.165, 1.54) is 0 Å². The monoisotopic (exact) mass is 278 g/mol. The lowest BCUT2D eigenvalue weighted by atomic mass is 10.3. The minimum absolute atomic E-state index is 0.0418. The molecule has 0 aromatic heterocycles. The highest BCUT2D eigenvalue weighted by Crippen LogP contribution is 2.08. The topological polar surface area (TPSA) is 108 Å². The average Bonchev–Trinajstić information content (AvgIpc) is 2.42. The number of rotatable bonds is 6.